The Bertz CT molecular complexity index is 337. The molecule has 0 radical (unpaired) electrons. The Morgan fingerprint density at radius 1 is 1.62 bits per heavy atom. The largest absolute Gasteiger partial charge is 0.349 e. The number of nitrogens with one attached hydrogen (secondary N) is 1. The Labute approximate surface area is 102 Å². The fraction of sp³-hybridized carbons (Fsp3) is 0.600. The number of carbonyl (C=O) groups excluding carboxylic acids is 1. The highest BCUT2D eigenvalue weighted by molar-refractivity contribution is 5.85. The number of halogens is 1. The molecule has 0 saturated carbocycles. The quantitative estimate of drug-likeness (QED) is 0.810. The molecule has 1 heterocycles. The van der Waals surface area contributed by atoms with Crippen LogP contribution in [0, 0.1) is 5.92 Å². The lowest BCUT2D eigenvalue weighted by Crippen LogP contribution is -2.43. The zero-order chi connectivity index (χ0) is 11.4. The Hall–Kier alpha value is -1.07. The lowest BCUT2D eigenvalue weighted by Gasteiger charge is -2.15. The van der Waals surface area contributed by atoms with Gasteiger partial charge in [-0.3, -0.25) is 9.48 Å². The summed E-state index contributed by atoms with van der Waals surface area (Å²) in [5.74, 6) is 0.0303. The van der Waals surface area contributed by atoms with Crippen molar-refractivity contribution in [2.45, 2.75) is 26.4 Å². The van der Waals surface area contributed by atoms with Gasteiger partial charge < -0.3 is 11.1 Å². The molecule has 1 amide bonds. The summed E-state index contributed by atoms with van der Waals surface area (Å²) in [6.07, 6.45) is 1.70. The van der Waals surface area contributed by atoms with Gasteiger partial charge >= 0.3 is 0 Å². The lowest BCUT2D eigenvalue weighted by atomic mass is 10.1. The van der Waals surface area contributed by atoms with E-state index < -0.39 is 6.04 Å². The van der Waals surface area contributed by atoms with Crippen LogP contribution >= 0.6 is 12.4 Å². The van der Waals surface area contributed by atoms with E-state index >= 15 is 0 Å². The second kappa shape index (κ2) is 6.50. The van der Waals surface area contributed by atoms with Crippen LogP contribution in [0.5, 0.6) is 0 Å². The number of amides is 1. The Kier molecular flexibility index (Phi) is 6.06. The van der Waals surface area contributed by atoms with Crippen molar-refractivity contribution in [2.24, 2.45) is 18.7 Å². The number of nitrogens with zero attached hydrogens (tertiary/aromatic N) is 2. The topological polar surface area (TPSA) is 72.9 Å². The maximum Gasteiger partial charge on any atom is 0.237 e. The van der Waals surface area contributed by atoms with E-state index in [0.717, 1.165) is 5.69 Å². The van der Waals surface area contributed by atoms with E-state index in [4.69, 9.17) is 5.73 Å². The zero-order valence-electron chi connectivity index (χ0n) is 9.80. The molecular formula is C10H19ClN4O. The van der Waals surface area contributed by atoms with Gasteiger partial charge in [-0.1, -0.05) is 13.8 Å². The second-order valence-electron chi connectivity index (χ2n) is 3.93. The van der Waals surface area contributed by atoms with E-state index in [-0.39, 0.29) is 24.2 Å². The monoisotopic (exact) mass is 246 g/mol. The summed E-state index contributed by atoms with van der Waals surface area (Å²) in [4.78, 5) is 11.5. The van der Waals surface area contributed by atoms with Gasteiger partial charge in [-0.25, -0.2) is 0 Å². The molecule has 0 aromatic carbocycles. The predicted molar refractivity (Wildman–Crippen MR) is 65.1 cm³/mol. The van der Waals surface area contributed by atoms with Crippen molar-refractivity contribution in [2.75, 3.05) is 0 Å². The van der Waals surface area contributed by atoms with Crippen molar-refractivity contribution >= 4 is 18.3 Å². The fourth-order valence-corrected chi connectivity index (χ4v) is 1.17. The number of hydrogen-bond donors (Lipinski definition) is 2. The first-order valence-electron chi connectivity index (χ1n) is 5.02. The maximum atomic E-state index is 11.5. The highest BCUT2D eigenvalue weighted by atomic mass is 35.5. The van der Waals surface area contributed by atoms with Crippen LogP contribution in [0.15, 0.2) is 12.3 Å². The molecule has 0 aliphatic carbocycles. The van der Waals surface area contributed by atoms with Gasteiger partial charge in [0.05, 0.1) is 18.3 Å². The molecule has 0 aliphatic heterocycles. The minimum atomic E-state index is -0.446. The zero-order valence-corrected chi connectivity index (χ0v) is 10.6. The molecule has 0 saturated heterocycles. The molecule has 1 atom stereocenters. The highest BCUT2D eigenvalue weighted by Gasteiger charge is 2.16. The molecule has 5 nitrogen and oxygen atoms in total. The first kappa shape index (κ1) is 14.9. The molecule has 1 aromatic rings. The first-order valence-corrected chi connectivity index (χ1v) is 5.02. The molecule has 0 fully saturated rings. The Morgan fingerprint density at radius 3 is 2.69 bits per heavy atom. The van der Waals surface area contributed by atoms with E-state index in [2.05, 4.69) is 10.4 Å². The SMILES string of the molecule is CC(C)[C@@H](N)C(=O)NCc1ccnn1C.Cl. The summed E-state index contributed by atoms with van der Waals surface area (Å²) in [5, 5.41) is 6.79. The molecule has 0 unspecified atom stereocenters. The van der Waals surface area contributed by atoms with Crippen molar-refractivity contribution < 1.29 is 4.79 Å². The fourth-order valence-electron chi connectivity index (χ4n) is 1.17. The van der Waals surface area contributed by atoms with Gasteiger partial charge in [0.25, 0.3) is 0 Å². The minimum absolute atomic E-state index is 0. The average molecular weight is 247 g/mol. The number of rotatable bonds is 4. The van der Waals surface area contributed by atoms with Gasteiger partial charge in [-0.15, -0.1) is 12.4 Å². The van der Waals surface area contributed by atoms with Crippen LogP contribution in [-0.2, 0) is 18.4 Å². The smallest absolute Gasteiger partial charge is 0.237 e. The summed E-state index contributed by atoms with van der Waals surface area (Å²) in [7, 11) is 1.84. The van der Waals surface area contributed by atoms with E-state index in [9.17, 15) is 4.79 Å². The molecule has 1 aromatic heterocycles. The lowest BCUT2D eigenvalue weighted by molar-refractivity contribution is -0.123. The van der Waals surface area contributed by atoms with Crippen LogP contribution in [0.3, 0.4) is 0 Å². The van der Waals surface area contributed by atoms with E-state index in [1.807, 2.05) is 27.0 Å². The van der Waals surface area contributed by atoms with Crippen LogP contribution in [0.2, 0.25) is 0 Å². The molecule has 3 N–H and O–H groups in total. The third kappa shape index (κ3) is 3.83. The normalized spacial score (nSPS) is 12.1. The van der Waals surface area contributed by atoms with Gasteiger partial charge in [0, 0.05) is 13.2 Å². The summed E-state index contributed by atoms with van der Waals surface area (Å²) < 4.78 is 1.72. The van der Waals surface area contributed by atoms with Crippen LogP contribution < -0.4 is 11.1 Å². The minimum Gasteiger partial charge on any atom is -0.349 e. The molecule has 1 rings (SSSR count). The highest BCUT2D eigenvalue weighted by Crippen LogP contribution is 1.99. The van der Waals surface area contributed by atoms with Gasteiger partial charge in [-0.05, 0) is 12.0 Å². The number of nitrogens with two attached hydrogens (primary N) is 1. The third-order valence-electron chi connectivity index (χ3n) is 2.39. The van der Waals surface area contributed by atoms with Crippen molar-refractivity contribution in [1.29, 1.82) is 0 Å². The van der Waals surface area contributed by atoms with Crippen LogP contribution in [-0.4, -0.2) is 21.7 Å². The van der Waals surface area contributed by atoms with Crippen molar-refractivity contribution in [1.82, 2.24) is 15.1 Å². The second-order valence-corrected chi connectivity index (χ2v) is 3.93. The molecule has 0 aliphatic rings. The summed E-state index contributed by atoms with van der Waals surface area (Å²) in [6, 6.07) is 1.42. The molecule has 6 heteroatoms. The summed E-state index contributed by atoms with van der Waals surface area (Å²) >= 11 is 0. The Morgan fingerprint density at radius 2 is 2.25 bits per heavy atom. The molecular weight excluding hydrogens is 228 g/mol. The predicted octanol–water partition coefficient (Wildman–Crippen LogP) is 0.441. The number of hydrogen-bond acceptors (Lipinski definition) is 3. The molecule has 0 bridgehead atoms. The number of aromatic nitrogens is 2. The van der Waals surface area contributed by atoms with Crippen molar-refractivity contribution in [3.63, 3.8) is 0 Å². The van der Waals surface area contributed by atoms with Crippen LogP contribution in [0.4, 0.5) is 0 Å². The molecule has 0 spiro atoms. The van der Waals surface area contributed by atoms with Crippen molar-refractivity contribution in [3.05, 3.63) is 18.0 Å². The molecule has 16 heavy (non-hydrogen) atoms. The summed E-state index contributed by atoms with van der Waals surface area (Å²) in [5.41, 5.74) is 6.66. The van der Waals surface area contributed by atoms with Crippen molar-refractivity contribution in [3.8, 4) is 0 Å². The number of aryl methyl sites for hydroxylation is 1. The average Bonchev–Trinajstić information content (AvgIpc) is 2.59. The third-order valence-corrected chi connectivity index (χ3v) is 2.39. The number of carbonyl (C=O) groups is 1. The van der Waals surface area contributed by atoms with E-state index in [1.165, 1.54) is 0 Å². The van der Waals surface area contributed by atoms with E-state index in [1.54, 1.807) is 10.9 Å². The first-order chi connectivity index (χ1) is 7.02. The molecule has 92 valence electrons. The van der Waals surface area contributed by atoms with Gasteiger partial charge in [0.1, 0.15) is 0 Å². The Balaban J connectivity index is 0.00000225. The van der Waals surface area contributed by atoms with Crippen LogP contribution in [0.25, 0.3) is 0 Å². The van der Waals surface area contributed by atoms with Crippen LogP contribution in [0.1, 0.15) is 19.5 Å². The maximum absolute atomic E-state index is 11.5. The van der Waals surface area contributed by atoms with Gasteiger partial charge in [0.2, 0.25) is 5.91 Å². The van der Waals surface area contributed by atoms with Gasteiger partial charge in [-0.2, -0.15) is 5.10 Å². The summed E-state index contributed by atoms with van der Waals surface area (Å²) in [6.45, 7) is 4.32. The van der Waals surface area contributed by atoms with E-state index in [0.29, 0.717) is 6.54 Å². The standard InChI is InChI=1S/C10H18N4O.ClH/c1-7(2)9(11)10(15)12-6-8-4-5-13-14(8)3;/h4-5,7,9H,6,11H2,1-3H3,(H,12,15);1H/t9-;/m1./s1. The van der Waals surface area contributed by atoms with Gasteiger partial charge in [0.15, 0.2) is 0 Å².